The van der Waals surface area contributed by atoms with Gasteiger partial charge in [-0.2, -0.15) is 4.98 Å². The zero-order chi connectivity index (χ0) is 11.5. The molecule has 0 aliphatic heterocycles. The highest BCUT2D eigenvalue weighted by Crippen LogP contribution is 2.07. The van der Waals surface area contributed by atoms with Crippen LogP contribution < -0.4 is 5.69 Å². The first-order chi connectivity index (χ1) is 7.66. The van der Waals surface area contributed by atoms with Gasteiger partial charge in [0, 0.05) is 18.1 Å². The van der Waals surface area contributed by atoms with E-state index in [1.54, 1.807) is 18.3 Å². The number of carboxylic acids is 1. The van der Waals surface area contributed by atoms with Crippen molar-refractivity contribution in [3.8, 4) is 0 Å². The van der Waals surface area contributed by atoms with E-state index < -0.39 is 11.7 Å². The molecule has 5 nitrogen and oxygen atoms in total. The highest BCUT2D eigenvalue weighted by atomic mass is 16.4. The van der Waals surface area contributed by atoms with Crippen molar-refractivity contribution in [2.75, 3.05) is 0 Å². The van der Waals surface area contributed by atoms with Crippen LogP contribution in [0.5, 0.6) is 0 Å². The second kappa shape index (κ2) is 4.14. The molecule has 0 bridgehead atoms. The quantitative estimate of drug-likeness (QED) is 0.829. The molecule has 1 N–H and O–H groups in total. The lowest BCUT2D eigenvalue weighted by Crippen LogP contribution is -2.23. The van der Waals surface area contributed by atoms with Gasteiger partial charge in [0.15, 0.2) is 0 Å². The van der Waals surface area contributed by atoms with Crippen LogP contribution in [0.2, 0.25) is 0 Å². The molecule has 0 unspecified atom stereocenters. The Bertz CT molecular complexity index is 589. The van der Waals surface area contributed by atoms with Gasteiger partial charge >= 0.3 is 11.7 Å². The van der Waals surface area contributed by atoms with Crippen molar-refractivity contribution in [1.29, 1.82) is 0 Å². The van der Waals surface area contributed by atoms with E-state index in [1.165, 1.54) is 4.57 Å². The zero-order valence-electron chi connectivity index (χ0n) is 8.46. The van der Waals surface area contributed by atoms with Crippen molar-refractivity contribution >= 4 is 16.9 Å². The van der Waals surface area contributed by atoms with Gasteiger partial charge in [0.05, 0.1) is 11.9 Å². The van der Waals surface area contributed by atoms with Gasteiger partial charge in [-0.1, -0.05) is 18.2 Å². The molecule has 82 valence electrons. The monoisotopic (exact) mass is 218 g/mol. The number of para-hydroxylation sites is 1. The fourth-order valence-electron chi connectivity index (χ4n) is 1.47. The van der Waals surface area contributed by atoms with Gasteiger partial charge in [0.1, 0.15) is 0 Å². The number of rotatable bonds is 3. The highest BCUT2D eigenvalue weighted by Gasteiger charge is 2.03. The first-order valence-electron chi connectivity index (χ1n) is 4.85. The molecule has 2 aromatic rings. The fourth-order valence-corrected chi connectivity index (χ4v) is 1.47. The number of aryl methyl sites for hydroxylation is 1. The Morgan fingerprint density at radius 1 is 1.38 bits per heavy atom. The first kappa shape index (κ1) is 10.4. The summed E-state index contributed by atoms with van der Waals surface area (Å²) >= 11 is 0. The lowest BCUT2D eigenvalue weighted by atomic mass is 10.2. The predicted molar refractivity (Wildman–Crippen MR) is 58.3 cm³/mol. The molecule has 1 aromatic carbocycles. The number of hydrogen-bond acceptors (Lipinski definition) is 3. The summed E-state index contributed by atoms with van der Waals surface area (Å²) in [6.07, 6.45) is 1.55. The Morgan fingerprint density at radius 2 is 2.12 bits per heavy atom. The molecule has 0 fully saturated rings. The van der Waals surface area contributed by atoms with Crippen LogP contribution in [0.15, 0.2) is 35.3 Å². The van der Waals surface area contributed by atoms with Gasteiger partial charge in [-0.3, -0.25) is 9.36 Å². The molecule has 5 heteroatoms. The van der Waals surface area contributed by atoms with E-state index in [1.807, 2.05) is 12.1 Å². The standard InChI is InChI=1S/C11H10N2O3/c14-10(15)5-6-13-7-8-3-1-2-4-9(8)12-11(13)16/h1-4,7H,5-6H2,(H,14,15). The lowest BCUT2D eigenvalue weighted by molar-refractivity contribution is -0.137. The molecular weight excluding hydrogens is 208 g/mol. The average Bonchev–Trinajstić information content (AvgIpc) is 2.26. The molecule has 16 heavy (non-hydrogen) atoms. The van der Waals surface area contributed by atoms with Gasteiger partial charge in [-0.25, -0.2) is 4.79 Å². The van der Waals surface area contributed by atoms with Crippen molar-refractivity contribution in [3.63, 3.8) is 0 Å². The Morgan fingerprint density at radius 3 is 2.88 bits per heavy atom. The van der Waals surface area contributed by atoms with Crippen molar-refractivity contribution in [3.05, 3.63) is 40.9 Å². The highest BCUT2D eigenvalue weighted by molar-refractivity contribution is 5.77. The fraction of sp³-hybridized carbons (Fsp3) is 0.182. The van der Waals surface area contributed by atoms with Gasteiger partial charge in [-0.05, 0) is 6.07 Å². The van der Waals surface area contributed by atoms with E-state index in [4.69, 9.17) is 5.11 Å². The van der Waals surface area contributed by atoms with E-state index in [2.05, 4.69) is 4.98 Å². The topological polar surface area (TPSA) is 72.2 Å². The molecular formula is C11H10N2O3. The number of fused-ring (bicyclic) bond motifs is 1. The number of benzene rings is 1. The first-order valence-corrected chi connectivity index (χ1v) is 4.85. The molecule has 0 saturated heterocycles. The smallest absolute Gasteiger partial charge is 0.348 e. The van der Waals surface area contributed by atoms with Crippen LogP contribution in [0.1, 0.15) is 6.42 Å². The molecule has 0 aliphatic carbocycles. The van der Waals surface area contributed by atoms with Crippen LogP contribution in [-0.4, -0.2) is 20.6 Å². The third-order valence-corrected chi connectivity index (χ3v) is 2.26. The van der Waals surface area contributed by atoms with Crippen LogP contribution in [0.25, 0.3) is 10.9 Å². The molecule has 1 heterocycles. The molecule has 0 radical (unpaired) electrons. The van der Waals surface area contributed by atoms with Gasteiger partial charge in [0.2, 0.25) is 0 Å². The summed E-state index contributed by atoms with van der Waals surface area (Å²) in [5.74, 6) is -0.931. The summed E-state index contributed by atoms with van der Waals surface area (Å²) in [7, 11) is 0. The van der Waals surface area contributed by atoms with Crippen LogP contribution >= 0.6 is 0 Å². The maximum absolute atomic E-state index is 11.5. The Hall–Kier alpha value is -2.17. The number of nitrogens with zero attached hydrogens (tertiary/aromatic N) is 2. The summed E-state index contributed by atoms with van der Waals surface area (Å²) in [6, 6.07) is 7.23. The molecule has 0 amide bonds. The van der Waals surface area contributed by atoms with Crippen LogP contribution in [0, 0.1) is 0 Å². The van der Waals surface area contributed by atoms with Crippen molar-refractivity contribution in [2.24, 2.45) is 0 Å². The van der Waals surface area contributed by atoms with Crippen molar-refractivity contribution in [2.45, 2.75) is 13.0 Å². The summed E-state index contributed by atoms with van der Waals surface area (Å²) in [5.41, 5.74) is 0.207. The number of hydrogen-bond donors (Lipinski definition) is 1. The van der Waals surface area contributed by atoms with E-state index in [9.17, 15) is 9.59 Å². The van der Waals surface area contributed by atoms with E-state index >= 15 is 0 Å². The predicted octanol–water partition coefficient (Wildman–Crippen LogP) is 0.871. The molecule has 0 saturated carbocycles. The summed E-state index contributed by atoms with van der Waals surface area (Å²) in [6.45, 7) is 0.145. The maximum Gasteiger partial charge on any atom is 0.348 e. The van der Waals surface area contributed by atoms with Gasteiger partial charge in [-0.15, -0.1) is 0 Å². The Kier molecular flexibility index (Phi) is 2.68. The van der Waals surface area contributed by atoms with E-state index in [-0.39, 0.29) is 13.0 Å². The number of aliphatic carboxylic acids is 1. The van der Waals surface area contributed by atoms with Crippen molar-refractivity contribution in [1.82, 2.24) is 9.55 Å². The Labute approximate surface area is 91.0 Å². The third kappa shape index (κ3) is 2.08. The molecule has 0 aliphatic rings. The minimum absolute atomic E-state index is 0.0834. The zero-order valence-corrected chi connectivity index (χ0v) is 8.46. The number of aromatic nitrogens is 2. The van der Waals surface area contributed by atoms with Crippen molar-refractivity contribution < 1.29 is 9.90 Å². The largest absolute Gasteiger partial charge is 0.481 e. The van der Waals surface area contributed by atoms with Gasteiger partial charge < -0.3 is 5.11 Å². The second-order valence-electron chi connectivity index (χ2n) is 3.42. The van der Waals surface area contributed by atoms with Crippen LogP contribution in [0.4, 0.5) is 0 Å². The SMILES string of the molecule is O=C(O)CCn1cc2ccccc2nc1=O. The van der Waals surface area contributed by atoms with Crippen LogP contribution in [-0.2, 0) is 11.3 Å². The minimum Gasteiger partial charge on any atom is -0.481 e. The van der Waals surface area contributed by atoms with Crippen LogP contribution in [0.3, 0.4) is 0 Å². The average molecular weight is 218 g/mol. The Balaban J connectivity index is 2.42. The third-order valence-electron chi connectivity index (χ3n) is 2.26. The summed E-state index contributed by atoms with van der Waals surface area (Å²) in [4.78, 5) is 25.8. The summed E-state index contributed by atoms with van der Waals surface area (Å²) in [5, 5.41) is 9.37. The molecule has 0 atom stereocenters. The molecule has 0 spiro atoms. The molecule has 1 aromatic heterocycles. The minimum atomic E-state index is -0.931. The number of carbonyl (C=O) groups is 1. The number of carboxylic acid groups (broad SMARTS) is 1. The van der Waals surface area contributed by atoms with E-state index in [0.717, 1.165) is 5.39 Å². The second-order valence-corrected chi connectivity index (χ2v) is 3.42. The molecule has 2 rings (SSSR count). The lowest BCUT2D eigenvalue weighted by Gasteiger charge is -2.04. The maximum atomic E-state index is 11.5. The van der Waals surface area contributed by atoms with Gasteiger partial charge in [0.25, 0.3) is 0 Å². The summed E-state index contributed by atoms with van der Waals surface area (Å²) < 4.78 is 1.32. The van der Waals surface area contributed by atoms with E-state index in [0.29, 0.717) is 5.52 Å². The normalized spacial score (nSPS) is 10.5.